The minimum atomic E-state index is -0.310. The van der Waals surface area contributed by atoms with E-state index in [1.54, 1.807) is 0 Å². The van der Waals surface area contributed by atoms with Crippen molar-refractivity contribution in [1.82, 2.24) is 15.1 Å². The third-order valence-corrected chi connectivity index (χ3v) is 4.79. The van der Waals surface area contributed by atoms with Crippen LogP contribution in [-0.2, 0) is 4.74 Å². The van der Waals surface area contributed by atoms with Crippen molar-refractivity contribution in [2.45, 2.75) is 70.2 Å². The Labute approximate surface area is 129 Å². The molecule has 0 saturated carbocycles. The van der Waals surface area contributed by atoms with Gasteiger partial charge in [0.05, 0.1) is 17.2 Å². The van der Waals surface area contributed by atoms with Crippen LogP contribution < -0.4 is 5.32 Å². The molecule has 2 aliphatic rings. The van der Waals surface area contributed by atoms with E-state index in [2.05, 4.69) is 52.0 Å². The lowest BCUT2D eigenvalue weighted by Crippen LogP contribution is -2.55. The van der Waals surface area contributed by atoms with Gasteiger partial charge in [-0.25, -0.2) is 4.79 Å². The van der Waals surface area contributed by atoms with E-state index in [1.165, 1.54) is 6.42 Å². The van der Waals surface area contributed by atoms with Gasteiger partial charge in [0.1, 0.15) is 0 Å². The molecule has 0 aromatic carbocycles. The van der Waals surface area contributed by atoms with E-state index in [0.29, 0.717) is 6.04 Å². The van der Waals surface area contributed by atoms with Gasteiger partial charge in [-0.15, -0.1) is 0 Å². The molecule has 5 nitrogen and oxygen atoms in total. The topological polar surface area (TPSA) is 44.8 Å². The molecular weight excluding hydrogens is 266 g/mol. The summed E-state index contributed by atoms with van der Waals surface area (Å²) in [6.45, 7) is 9.97. The number of hydrogen-bond donors (Lipinski definition) is 1. The molecule has 2 heterocycles. The predicted molar refractivity (Wildman–Crippen MR) is 84.5 cm³/mol. The van der Waals surface area contributed by atoms with E-state index in [9.17, 15) is 4.79 Å². The maximum absolute atomic E-state index is 12.6. The Kier molecular flexibility index (Phi) is 4.54. The van der Waals surface area contributed by atoms with Gasteiger partial charge in [-0.05, 0) is 61.1 Å². The zero-order chi connectivity index (χ0) is 15.8. The first-order chi connectivity index (χ1) is 9.61. The van der Waals surface area contributed by atoms with Gasteiger partial charge in [0, 0.05) is 19.1 Å². The number of amides is 2. The average molecular weight is 297 g/mol. The molecule has 5 heteroatoms. The number of likely N-dealkylation sites (tertiary alicyclic amines) is 1. The van der Waals surface area contributed by atoms with E-state index in [0.717, 1.165) is 25.9 Å². The van der Waals surface area contributed by atoms with Gasteiger partial charge in [-0.1, -0.05) is 0 Å². The van der Waals surface area contributed by atoms with Gasteiger partial charge in [0.25, 0.3) is 0 Å². The number of urea groups is 1. The summed E-state index contributed by atoms with van der Waals surface area (Å²) in [5.41, 5.74) is -0.481. The van der Waals surface area contributed by atoms with Crippen LogP contribution in [0.25, 0.3) is 0 Å². The molecule has 2 rings (SSSR count). The van der Waals surface area contributed by atoms with Crippen molar-refractivity contribution in [2.75, 3.05) is 27.2 Å². The smallest absolute Gasteiger partial charge is 0.317 e. The third kappa shape index (κ3) is 3.89. The number of nitrogens with zero attached hydrogens (tertiary/aromatic N) is 2. The Hall–Kier alpha value is -0.810. The highest BCUT2D eigenvalue weighted by molar-refractivity contribution is 5.75. The summed E-state index contributed by atoms with van der Waals surface area (Å²) in [4.78, 5) is 16.7. The monoisotopic (exact) mass is 297 g/mol. The molecule has 21 heavy (non-hydrogen) atoms. The lowest BCUT2D eigenvalue weighted by molar-refractivity contribution is -0.0693. The van der Waals surface area contributed by atoms with Crippen molar-refractivity contribution in [3.63, 3.8) is 0 Å². The molecule has 0 aliphatic carbocycles. The number of nitrogens with one attached hydrogen (secondary N) is 1. The number of piperidine rings is 1. The van der Waals surface area contributed by atoms with Crippen LogP contribution in [0.3, 0.4) is 0 Å². The van der Waals surface area contributed by atoms with Crippen LogP contribution in [0.15, 0.2) is 0 Å². The van der Waals surface area contributed by atoms with Crippen molar-refractivity contribution < 1.29 is 9.53 Å². The fourth-order valence-corrected chi connectivity index (χ4v) is 3.59. The van der Waals surface area contributed by atoms with Crippen molar-refractivity contribution in [2.24, 2.45) is 0 Å². The second-order valence-corrected chi connectivity index (χ2v) is 7.88. The zero-order valence-corrected chi connectivity index (χ0v) is 14.4. The van der Waals surface area contributed by atoms with Gasteiger partial charge in [-0.2, -0.15) is 0 Å². The molecular formula is C16H31N3O2. The van der Waals surface area contributed by atoms with Crippen LogP contribution in [0.1, 0.15) is 47.0 Å². The highest BCUT2D eigenvalue weighted by Crippen LogP contribution is 2.37. The van der Waals surface area contributed by atoms with Gasteiger partial charge in [0.15, 0.2) is 0 Å². The highest BCUT2D eigenvalue weighted by Gasteiger charge is 2.47. The Bertz CT molecular complexity index is 393. The van der Waals surface area contributed by atoms with Gasteiger partial charge in [-0.3, -0.25) is 0 Å². The van der Waals surface area contributed by atoms with Crippen molar-refractivity contribution >= 4 is 6.03 Å². The first-order valence-electron chi connectivity index (χ1n) is 8.03. The van der Waals surface area contributed by atoms with Gasteiger partial charge in [0.2, 0.25) is 0 Å². The quantitative estimate of drug-likeness (QED) is 0.848. The molecule has 1 N–H and O–H groups in total. The minimum absolute atomic E-state index is 0.0564. The van der Waals surface area contributed by atoms with Gasteiger partial charge < -0.3 is 19.9 Å². The first-order valence-corrected chi connectivity index (χ1v) is 8.03. The molecule has 2 saturated heterocycles. The maximum Gasteiger partial charge on any atom is 0.317 e. The summed E-state index contributed by atoms with van der Waals surface area (Å²) in [6, 6.07) is 0.592. The summed E-state index contributed by atoms with van der Waals surface area (Å²) in [5.74, 6) is 0. The van der Waals surface area contributed by atoms with E-state index >= 15 is 0 Å². The molecule has 0 aromatic heterocycles. The SMILES string of the molecule is CN(C)C1CCCN(C(=O)NC2CC(C)(C)OC2(C)C)C1. The number of ether oxygens (including phenoxy) is 1. The maximum atomic E-state index is 12.6. The largest absolute Gasteiger partial charge is 0.367 e. The second kappa shape index (κ2) is 5.76. The Morgan fingerprint density at radius 3 is 2.48 bits per heavy atom. The molecule has 0 bridgehead atoms. The summed E-state index contributed by atoms with van der Waals surface area (Å²) in [6.07, 6.45) is 3.10. The number of hydrogen-bond acceptors (Lipinski definition) is 3. The Balaban J connectivity index is 1.95. The molecule has 2 unspecified atom stereocenters. The van der Waals surface area contributed by atoms with Crippen molar-refractivity contribution in [1.29, 1.82) is 0 Å². The third-order valence-electron chi connectivity index (χ3n) is 4.79. The van der Waals surface area contributed by atoms with Crippen LogP contribution in [0.5, 0.6) is 0 Å². The van der Waals surface area contributed by atoms with Crippen LogP contribution in [0.4, 0.5) is 4.79 Å². The fraction of sp³-hybridized carbons (Fsp3) is 0.938. The minimum Gasteiger partial charge on any atom is -0.367 e. The van der Waals surface area contributed by atoms with Crippen molar-refractivity contribution in [3.8, 4) is 0 Å². The fourth-order valence-electron chi connectivity index (χ4n) is 3.59. The number of rotatable bonds is 2. The lowest BCUT2D eigenvalue weighted by atomic mass is 9.94. The van der Waals surface area contributed by atoms with Crippen LogP contribution >= 0.6 is 0 Å². The van der Waals surface area contributed by atoms with E-state index < -0.39 is 0 Å². The molecule has 0 spiro atoms. The average Bonchev–Trinajstić information content (AvgIpc) is 2.57. The summed E-state index contributed by atoms with van der Waals surface area (Å²) < 4.78 is 6.05. The van der Waals surface area contributed by atoms with E-state index in [4.69, 9.17) is 4.74 Å². The van der Waals surface area contributed by atoms with Crippen molar-refractivity contribution in [3.05, 3.63) is 0 Å². The van der Waals surface area contributed by atoms with Crippen LogP contribution in [0, 0.1) is 0 Å². The van der Waals surface area contributed by atoms with Gasteiger partial charge >= 0.3 is 6.03 Å². The highest BCUT2D eigenvalue weighted by atomic mass is 16.5. The molecule has 122 valence electrons. The second-order valence-electron chi connectivity index (χ2n) is 7.88. The number of carbonyl (C=O) groups is 1. The summed E-state index contributed by atoms with van der Waals surface area (Å²) in [5, 5.41) is 3.20. The zero-order valence-electron chi connectivity index (χ0n) is 14.4. The van der Waals surface area contributed by atoms with E-state index in [-0.39, 0.29) is 23.3 Å². The molecule has 0 aromatic rings. The molecule has 0 radical (unpaired) electrons. The molecule has 2 aliphatic heterocycles. The van der Waals surface area contributed by atoms with Crippen LogP contribution in [0.2, 0.25) is 0 Å². The Morgan fingerprint density at radius 1 is 1.29 bits per heavy atom. The molecule has 2 fully saturated rings. The Morgan fingerprint density at radius 2 is 1.95 bits per heavy atom. The predicted octanol–water partition coefficient (Wildman–Crippen LogP) is 2.07. The summed E-state index contributed by atoms with van der Waals surface area (Å²) in [7, 11) is 4.17. The lowest BCUT2D eigenvalue weighted by Gasteiger charge is -2.37. The van der Waals surface area contributed by atoms with Crippen LogP contribution in [-0.4, -0.2) is 66.3 Å². The normalized spacial score (nSPS) is 31.5. The first kappa shape index (κ1) is 16.6. The standard InChI is InChI=1S/C16H31N3O2/c1-15(2)10-13(16(3,4)21-15)17-14(20)19-9-7-8-12(11-19)18(5)6/h12-13H,7-11H2,1-6H3,(H,17,20). The summed E-state index contributed by atoms with van der Waals surface area (Å²) >= 11 is 0. The number of carbonyl (C=O) groups excluding carboxylic acids is 1. The molecule has 2 amide bonds. The van der Waals surface area contributed by atoms with E-state index in [1.807, 2.05) is 4.90 Å². The molecule has 2 atom stereocenters. The number of likely N-dealkylation sites (N-methyl/N-ethyl adjacent to an activating group) is 1.